The summed E-state index contributed by atoms with van der Waals surface area (Å²) >= 11 is 1.83. The van der Waals surface area contributed by atoms with Crippen molar-refractivity contribution < 1.29 is 4.42 Å². The molecule has 2 unspecified atom stereocenters. The average molecular weight is 814 g/mol. The molecule has 4 nitrogen and oxygen atoms in total. The molecule has 1 aliphatic rings. The molecular formula is C57H39N3OS. The predicted octanol–water partition coefficient (Wildman–Crippen LogP) is 15.8. The third-order valence-electron chi connectivity index (χ3n) is 13.2. The minimum atomic E-state index is -0.0676. The lowest BCUT2D eigenvalue weighted by Gasteiger charge is -2.24. The molecule has 3 aromatic heterocycles. The van der Waals surface area contributed by atoms with E-state index in [2.05, 4.69) is 193 Å². The Bertz CT molecular complexity index is 3860. The molecule has 0 radical (unpaired) electrons. The van der Waals surface area contributed by atoms with Crippen LogP contribution in [0.15, 0.2) is 196 Å². The summed E-state index contributed by atoms with van der Waals surface area (Å²) in [6, 6.07) is 65.8. The third-order valence-corrected chi connectivity index (χ3v) is 14.4. The summed E-state index contributed by atoms with van der Waals surface area (Å²) in [4.78, 5) is 11.7. The molecular weight excluding hydrogens is 775 g/mol. The SMILES string of the molecule is CC1CCC(c2cccc3ccccc23)N=C(c2cccc3c2sc2ccccc23)N=C1c1cc(-n2c3ccccc3c3cc4ccccc4cc32)cc2oc3ccccc3c12. The van der Waals surface area contributed by atoms with Gasteiger partial charge >= 0.3 is 0 Å². The van der Waals surface area contributed by atoms with Crippen molar-refractivity contribution in [1.82, 2.24) is 4.57 Å². The van der Waals surface area contributed by atoms with E-state index in [0.717, 1.165) is 74.2 Å². The number of rotatable bonds is 4. The number of furan rings is 1. The number of nitrogens with zero attached hydrogens (tertiary/aromatic N) is 3. The normalized spacial score (nSPS) is 16.2. The van der Waals surface area contributed by atoms with Crippen molar-refractivity contribution in [2.24, 2.45) is 15.9 Å². The van der Waals surface area contributed by atoms with Gasteiger partial charge in [0.25, 0.3) is 0 Å². The van der Waals surface area contributed by atoms with Crippen LogP contribution < -0.4 is 0 Å². The van der Waals surface area contributed by atoms with E-state index in [-0.39, 0.29) is 12.0 Å². The Morgan fingerprint density at radius 3 is 2.11 bits per heavy atom. The second-order valence-electron chi connectivity index (χ2n) is 16.8. The fraction of sp³-hybridized carbons (Fsp3) is 0.0877. The van der Waals surface area contributed by atoms with Crippen LogP contribution in [-0.4, -0.2) is 16.1 Å². The van der Waals surface area contributed by atoms with E-state index < -0.39 is 0 Å². The number of fused-ring (bicyclic) bond motifs is 11. The molecule has 1 aliphatic heterocycles. The van der Waals surface area contributed by atoms with Gasteiger partial charge in [-0.05, 0) is 88.3 Å². The van der Waals surface area contributed by atoms with Crippen molar-refractivity contribution >= 4 is 108 Å². The highest BCUT2D eigenvalue weighted by Gasteiger charge is 2.28. The van der Waals surface area contributed by atoms with Crippen molar-refractivity contribution in [3.8, 4) is 5.69 Å². The fourth-order valence-electron chi connectivity index (χ4n) is 10.3. The van der Waals surface area contributed by atoms with Crippen molar-refractivity contribution in [3.05, 3.63) is 199 Å². The molecule has 13 rings (SSSR count). The number of para-hydroxylation sites is 2. The van der Waals surface area contributed by atoms with E-state index in [1.54, 1.807) is 0 Å². The first kappa shape index (κ1) is 35.4. The monoisotopic (exact) mass is 813 g/mol. The molecule has 62 heavy (non-hydrogen) atoms. The zero-order chi connectivity index (χ0) is 40.9. The first-order chi connectivity index (χ1) is 30.6. The molecule has 0 spiro atoms. The number of benzene rings is 9. The van der Waals surface area contributed by atoms with Crippen LogP contribution in [0.4, 0.5) is 0 Å². The van der Waals surface area contributed by atoms with Crippen molar-refractivity contribution in [2.45, 2.75) is 25.8 Å². The minimum absolute atomic E-state index is 0.0676. The molecule has 5 heteroatoms. The molecule has 4 heterocycles. The topological polar surface area (TPSA) is 42.8 Å². The Morgan fingerprint density at radius 2 is 1.23 bits per heavy atom. The Labute approximate surface area is 361 Å². The molecule has 0 saturated heterocycles. The van der Waals surface area contributed by atoms with Crippen LogP contribution in [-0.2, 0) is 0 Å². The zero-order valence-corrected chi connectivity index (χ0v) is 34.9. The molecule has 2 atom stereocenters. The molecule has 9 aromatic carbocycles. The summed E-state index contributed by atoms with van der Waals surface area (Å²) in [5.41, 5.74) is 9.51. The largest absolute Gasteiger partial charge is 0.456 e. The lowest BCUT2D eigenvalue weighted by Crippen LogP contribution is -2.20. The molecule has 294 valence electrons. The molecule has 0 N–H and O–H groups in total. The van der Waals surface area contributed by atoms with Gasteiger partial charge in [0.1, 0.15) is 11.2 Å². The smallest absolute Gasteiger partial charge is 0.156 e. The van der Waals surface area contributed by atoms with Crippen molar-refractivity contribution in [3.63, 3.8) is 0 Å². The van der Waals surface area contributed by atoms with Gasteiger partial charge in [0.2, 0.25) is 0 Å². The molecule has 12 aromatic rings. The summed E-state index contributed by atoms with van der Waals surface area (Å²) in [6.07, 6.45) is 1.80. The summed E-state index contributed by atoms with van der Waals surface area (Å²) in [5, 5.41) is 12.1. The molecule has 0 amide bonds. The number of aliphatic imine (C=N–C) groups is 2. The Kier molecular flexibility index (Phi) is 7.91. The van der Waals surface area contributed by atoms with Gasteiger partial charge < -0.3 is 8.98 Å². The highest BCUT2D eigenvalue weighted by molar-refractivity contribution is 7.26. The second-order valence-corrected chi connectivity index (χ2v) is 17.9. The standard InChI is InChI=1S/C57H39N3OS/c1-34-28-29-48(40-22-12-17-35-14-4-5-18-39(35)40)58-57(45-24-13-23-43-42-20-8-11-27-53(42)62-56(43)45)59-55(34)47-32-38(33-52-54(47)44-21-7-10-26-51(44)61-52)60-49-25-9-6-19-41(49)46-30-36-15-2-3-16-37(36)31-50(46)60/h2-27,30-34,48H,28-29H2,1H3. The predicted molar refractivity (Wildman–Crippen MR) is 263 cm³/mol. The highest BCUT2D eigenvalue weighted by atomic mass is 32.1. The number of hydrogen-bond acceptors (Lipinski definition) is 4. The van der Waals surface area contributed by atoms with Crippen LogP contribution in [0, 0.1) is 5.92 Å². The zero-order valence-electron chi connectivity index (χ0n) is 34.0. The summed E-state index contributed by atoms with van der Waals surface area (Å²) < 4.78 is 11.7. The van der Waals surface area contributed by atoms with E-state index in [1.807, 2.05) is 11.3 Å². The van der Waals surface area contributed by atoms with Crippen LogP contribution in [0.2, 0.25) is 0 Å². The number of thiophene rings is 1. The fourth-order valence-corrected chi connectivity index (χ4v) is 11.5. The lowest BCUT2D eigenvalue weighted by molar-refractivity contribution is 0.558. The Hall–Kier alpha value is -7.34. The average Bonchev–Trinajstić information content (AvgIpc) is 3.99. The van der Waals surface area contributed by atoms with E-state index in [1.165, 1.54) is 58.1 Å². The number of hydrogen-bond donors (Lipinski definition) is 0. The molecule has 0 fully saturated rings. The summed E-state index contributed by atoms with van der Waals surface area (Å²) in [5.74, 6) is 0.880. The van der Waals surface area contributed by atoms with Crippen LogP contribution in [0.3, 0.4) is 0 Å². The Morgan fingerprint density at radius 1 is 0.532 bits per heavy atom. The molecule has 0 bridgehead atoms. The highest BCUT2D eigenvalue weighted by Crippen LogP contribution is 2.42. The molecule has 0 aliphatic carbocycles. The van der Waals surface area contributed by atoms with E-state index in [0.29, 0.717) is 0 Å². The first-order valence-corrected chi connectivity index (χ1v) is 22.4. The molecule has 0 saturated carbocycles. The van der Waals surface area contributed by atoms with Gasteiger partial charge in [-0.25, -0.2) is 4.99 Å². The van der Waals surface area contributed by atoms with E-state index in [4.69, 9.17) is 14.4 Å². The maximum absolute atomic E-state index is 6.83. The lowest BCUT2D eigenvalue weighted by atomic mass is 9.87. The van der Waals surface area contributed by atoms with Crippen molar-refractivity contribution in [1.29, 1.82) is 0 Å². The number of aromatic nitrogens is 1. The quantitative estimate of drug-likeness (QED) is 0.174. The minimum Gasteiger partial charge on any atom is -0.456 e. The van der Waals surface area contributed by atoms with Crippen LogP contribution in [0.5, 0.6) is 0 Å². The Balaban J connectivity index is 1.11. The van der Waals surface area contributed by atoms with Gasteiger partial charge in [0, 0.05) is 58.9 Å². The van der Waals surface area contributed by atoms with Gasteiger partial charge in [0.05, 0.1) is 28.5 Å². The van der Waals surface area contributed by atoms with E-state index in [9.17, 15) is 0 Å². The van der Waals surface area contributed by atoms with Crippen LogP contribution in [0.1, 0.15) is 42.5 Å². The maximum atomic E-state index is 6.83. The van der Waals surface area contributed by atoms with Gasteiger partial charge in [-0.2, -0.15) is 0 Å². The van der Waals surface area contributed by atoms with Crippen molar-refractivity contribution in [2.75, 3.05) is 0 Å². The van der Waals surface area contributed by atoms with Crippen LogP contribution >= 0.6 is 11.3 Å². The van der Waals surface area contributed by atoms with Gasteiger partial charge in [-0.1, -0.05) is 140 Å². The number of amidine groups is 1. The van der Waals surface area contributed by atoms with Gasteiger partial charge in [-0.15, -0.1) is 11.3 Å². The summed E-state index contributed by atoms with van der Waals surface area (Å²) in [7, 11) is 0. The maximum Gasteiger partial charge on any atom is 0.156 e. The van der Waals surface area contributed by atoms with Gasteiger partial charge in [-0.3, -0.25) is 4.99 Å². The second kappa shape index (κ2) is 13.8. The first-order valence-electron chi connectivity index (χ1n) is 21.6. The van der Waals surface area contributed by atoms with Crippen LogP contribution in [0.25, 0.3) is 91.1 Å². The van der Waals surface area contributed by atoms with E-state index >= 15 is 0 Å². The summed E-state index contributed by atoms with van der Waals surface area (Å²) in [6.45, 7) is 2.36. The van der Waals surface area contributed by atoms with Gasteiger partial charge in [0.15, 0.2) is 5.84 Å². The third kappa shape index (κ3) is 5.44.